The minimum Gasteiger partial charge on any atom is -0.459 e. The zero-order chi connectivity index (χ0) is 22.2. The van der Waals surface area contributed by atoms with E-state index in [-0.39, 0.29) is 5.91 Å². The second-order valence-corrected chi connectivity index (χ2v) is 7.84. The van der Waals surface area contributed by atoms with E-state index in [0.717, 1.165) is 16.5 Å². The molecule has 32 heavy (non-hydrogen) atoms. The molecular weight excluding hydrogens is 430 g/mol. The predicted octanol–water partition coefficient (Wildman–Crippen LogP) is 4.74. The molecule has 9 heteroatoms. The van der Waals surface area contributed by atoms with Gasteiger partial charge in [0.15, 0.2) is 0 Å². The summed E-state index contributed by atoms with van der Waals surface area (Å²) in [5.74, 6) is 0.694. The third-order valence-electron chi connectivity index (χ3n) is 5.25. The molecule has 4 N–H and O–H groups in total. The third kappa shape index (κ3) is 3.72. The summed E-state index contributed by atoms with van der Waals surface area (Å²) in [6.07, 6.45) is 1.68. The average molecular weight is 448 g/mol. The first-order chi connectivity index (χ1) is 15.5. The van der Waals surface area contributed by atoms with E-state index in [2.05, 4.69) is 26.1 Å². The molecule has 0 saturated heterocycles. The monoisotopic (exact) mass is 447 g/mol. The number of nitrogens with zero attached hydrogens (tertiary/aromatic N) is 1. The fourth-order valence-corrected chi connectivity index (χ4v) is 3.83. The Kier molecular flexibility index (Phi) is 4.91. The van der Waals surface area contributed by atoms with E-state index in [1.165, 1.54) is 0 Å². The van der Waals surface area contributed by atoms with Gasteiger partial charge < -0.3 is 20.4 Å². The van der Waals surface area contributed by atoms with Crippen LogP contribution in [0.5, 0.6) is 0 Å². The number of H-pyrrole nitrogens is 1. The molecule has 2 aromatic heterocycles. The lowest BCUT2D eigenvalue weighted by atomic mass is 9.99. The Hall–Kier alpha value is -4.04. The quantitative estimate of drug-likeness (QED) is 0.362. The van der Waals surface area contributed by atoms with E-state index >= 15 is 0 Å². The van der Waals surface area contributed by atoms with E-state index in [1.54, 1.807) is 43.5 Å². The Labute approximate surface area is 187 Å². The third-order valence-corrected chi connectivity index (χ3v) is 5.50. The average Bonchev–Trinajstić information content (AvgIpc) is 3.43. The molecule has 0 saturated carbocycles. The molecule has 3 amide bonds. The molecule has 160 valence electrons. The number of hydrogen-bond acceptors (Lipinski definition) is 4. The van der Waals surface area contributed by atoms with Crippen molar-refractivity contribution in [1.82, 2.24) is 20.8 Å². The van der Waals surface area contributed by atoms with Gasteiger partial charge in [-0.05, 0) is 61.5 Å². The van der Waals surface area contributed by atoms with E-state index in [4.69, 9.17) is 16.0 Å². The maximum Gasteiger partial charge on any atom is 0.319 e. The number of carbonyl (C=O) groups is 2. The fraction of sp³-hybridized carbons (Fsp3) is 0.0870. The second kappa shape index (κ2) is 7.90. The summed E-state index contributed by atoms with van der Waals surface area (Å²) in [6, 6.07) is 15.0. The zero-order valence-corrected chi connectivity index (χ0v) is 17.7. The van der Waals surface area contributed by atoms with Crippen molar-refractivity contribution in [2.24, 2.45) is 0 Å². The number of furan rings is 1. The van der Waals surface area contributed by atoms with Crippen LogP contribution in [0.15, 0.2) is 76.5 Å². The number of aromatic nitrogens is 2. The molecule has 2 aromatic carbocycles. The van der Waals surface area contributed by atoms with Crippen LogP contribution in [0.4, 0.5) is 10.5 Å². The van der Waals surface area contributed by atoms with Crippen molar-refractivity contribution >= 4 is 40.1 Å². The lowest BCUT2D eigenvalue weighted by Gasteiger charge is -2.27. The minimum absolute atomic E-state index is 0.354. The van der Waals surface area contributed by atoms with Gasteiger partial charge in [0.1, 0.15) is 17.6 Å². The number of hydrogen-bond donors (Lipinski definition) is 4. The number of nitrogens with one attached hydrogen (secondary N) is 4. The van der Waals surface area contributed by atoms with E-state index in [9.17, 15) is 9.59 Å². The number of allylic oxidation sites excluding steroid dienone is 1. The van der Waals surface area contributed by atoms with Gasteiger partial charge in [-0.15, -0.1) is 0 Å². The summed E-state index contributed by atoms with van der Waals surface area (Å²) in [6.45, 7) is 1.68. The first-order valence-corrected chi connectivity index (χ1v) is 10.2. The smallest absolute Gasteiger partial charge is 0.319 e. The van der Waals surface area contributed by atoms with Gasteiger partial charge in [0.05, 0.1) is 17.3 Å². The number of rotatable bonds is 4. The Morgan fingerprint density at radius 2 is 1.94 bits per heavy atom. The van der Waals surface area contributed by atoms with Crippen molar-refractivity contribution in [1.29, 1.82) is 0 Å². The lowest BCUT2D eigenvalue weighted by Crippen LogP contribution is -2.45. The van der Waals surface area contributed by atoms with Gasteiger partial charge in [0, 0.05) is 27.4 Å². The van der Waals surface area contributed by atoms with Crippen molar-refractivity contribution in [2.75, 3.05) is 5.32 Å². The number of anilines is 1. The van der Waals surface area contributed by atoms with Gasteiger partial charge in [-0.1, -0.05) is 11.6 Å². The fourth-order valence-electron chi connectivity index (χ4n) is 3.70. The summed E-state index contributed by atoms with van der Waals surface area (Å²) >= 11 is 5.96. The summed E-state index contributed by atoms with van der Waals surface area (Å²) < 4.78 is 6.01. The molecule has 4 aromatic rings. The van der Waals surface area contributed by atoms with Crippen LogP contribution in [0.2, 0.25) is 5.02 Å². The van der Waals surface area contributed by atoms with Crippen LogP contribution < -0.4 is 16.0 Å². The van der Waals surface area contributed by atoms with Crippen LogP contribution in [0, 0.1) is 0 Å². The number of carbonyl (C=O) groups excluding carboxylic acids is 2. The number of amides is 3. The molecule has 1 aliphatic heterocycles. The summed E-state index contributed by atoms with van der Waals surface area (Å²) in [7, 11) is 0. The number of urea groups is 1. The van der Waals surface area contributed by atoms with Crippen LogP contribution in [-0.4, -0.2) is 22.1 Å². The maximum atomic E-state index is 13.2. The molecule has 1 aliphatic rings. The first-order valence-electron chi connectivity index (χ1n) is 9.86. The molecule has 1 unspecified atom stereocenters. The Bertz CT molecular complexity index is 1370. The molecule has 1 atom stereocenters. The molecule has 0 aliphatic carbocycles. The van der Waals surface area contributed by atoms with Crippen LogP contribution in [-0.2, 0) is 4.79 Å². The predicted molar refractivity (Wildman–Crippen MR) is 121 cm³/mol. The summed E-state index contributed by atoms with van der Waals surface area (Å²) in [5.41, 5.74) is 3.12. The molecule has 0 fully saturated rings. The van der Waals surface area contributed by atoms with Crippen molar-refractivity contribution in [3.05, 3.63) is 82.8 Å². The Morgan fingerprint density at radius 1 is 1.12 bits per heavy atom. The van der Waals surface area contributed by atoms with Crippen molar-refractivity contribution in [2.45, 2.75) is 13.0 Å². The van der Waals surface area contributed by atoms with E-state index < -0.39 is 12.1 Å². The molecule has 5 rings (SSSR count). The van der Waals surface area contributed by atoms with Crippen molar-refractivity contribution in [3.8, 4) is 11.3 Å². The Morgan fingerprint density at radius 3 is 2.75 bits per heavy atom. The topological polar surface area (TPSA) is 112 Å². The van der Waals surface area contributed by atoms with Gasteiger partial charge in [0.2, 0.25) is 0 Å². The number of benzene rings is 2. The van der Waals surface area contributed by atoms with Crippen molar-refractivity contribution < 1.29 is 14.0 Å². The molecule has 0 bridgehead atoms. The normalized spacial score (nSPS) is 16.1. The highest BCUT2D eigenvalue weighted by atomic mass is 35.5. The highest BCUT2D eigenvalue weighted by Crippen LogP contribution is 2.32. The number of aromatic amines is 1. The van der Waals surface area contributed by atoms with Gasteiger partial charge in [-0.3, -0.25) is 9.89 Å². The van der Waals surface area contributed by atoms with Gasteiger partial charge in [0.25, 0.3) is 5.91 Å². The largest absolute Gasteiger partial charge is 0.459 e. The highest BCUT2D eigenvalue weighted by molar-refractivity contribution is 6.30. The lowest BCUT2D eigenvalue weighted by molar-refractivity contribution is -0.113. The molecule has 0 radical (unpaired) electrons. The summed E-state index contributed by atoms with van der Waals surface area (Å²) in [5, 5.41) is 16.7. The van der Waals surface area contributed by atoms with Crippen molar-refractivity contribution in [3.63, 3.8) is 0 Å². The Balaban J connectivity index is 1.45. The first kappa shape index (κ1) is 19.9. The number of halogens is 1. The number of fused-ring (bicyclic) bond motifs is 1. The second-order valence-electron chi connectivity index (χ2n) is 7.41. The van der Waals surface area contributed by atoms with Crippen LogP contribution in [0.3, 0.4) is 0 Å². The van der Waals surface area contributed by atoms with Gasteiger partial charge >= 0.3 is 6.03 Å². The van der Waals surface area contributed by atoms with Crippen LogP contribution in [0.1, 0.15) is 18.7 Å². The van der Waals surface area contributed by atoms with Gasteiger partial charge in [-0.25, -0.2) is 4.79 Å². The summed E-state index contributed by atoms with van der Waals surface area (Å²) in [4.78, 5) is 25.4. The minimum atomic E-state index is -0.748. The van der Waals surface area contributed by atoms with Crippen LogP contribution >= 0.6 is 11.6 Å². The molecule has 3 heterocycles. The van der Waals surface area contributed by atoms with Crippen LogP contribution in [0.25, 0.3) is 22.2 Å². The SMILES string of the molecule is CC1=C(C(=O)Nc2ccc3[nH]ncc3c2)C(c2ccc(-c3ccc(Cl)cc3)o2)NC(=O)N1. The highest BCUT2D eigenvalue weighted by Gasteiger charge is 2.33. The standard InChI is InChI=1S/C23H18ClN5O3/c1-12-20(22(30)27-16-6-7-17-14(10-16)11-25-29-17)21(28-23(31)26-12)19-9-8-18(32-19)13-2-4-15(24)5-3-13/h2-11,21H,1H3,(H,25,29)(H,27,30)(H2,26,28,31). The van der Waals surface area contributed by atoms with E-state index in [1.807, 2.05) is 24.3 Å². The maximum absolute atomic E-state index is 13.2. The van der Waals surface area contributed by atoms with Gasteiger partial charge in [-0.2, -0.15) is 5.10 Å². The van der Waals surface area contributed by atoms with E-state index in [0.29, 0.717) is 33.5 Å². The molecule has 8 nitrogen and oxygen atoms in total. The zero-order valence-electron chi connectivity index (χ0n) is 16.9. The molecular formula is C23H18ClN5O3. The molecule has 0 spiro atoms.